The summed E-state index contributed by atoms with van der Waals surface area (Å²) in [6.07, 6.45) is 0.971. The Labute approximate surface area is 214 Å². The predicted molar refractivity (Wildman–Crippen MR) is 140 cm³/mol. The van der Waals surface area contributed by atoms with Crippen LogP contribution in [0.5, 0.6) is 5.75 Å². The molecule has 1 aromatic carbocycles. The molecule has 37 heavy (non-hydrogen) atoms. The van der Waals surface area contributed by atoms with E-state index in [0.717, 1.165) is 12.2 Å². The number of nitrogens with zero attached hydrogens (tertiary/aromatic N) is 5. The van der Waals surface area contributed by atoms with Crippen LogP contribution < -0.4 is 31.1 Å². The van der Waals surface area contributed by atoms with Gasteiger partial charge in [-0.1, -0.05) is 18.2 Å². The minimum absolute atomic E-state index is 0.128. The summed E-state index contributed by atoms with van der Waals surface area (Å²) < 4.78 is 8.95. The topological polar surface area (TPSA) is 128 Å². The minimum atomic E-state index is -0.371. The third kappa shape index (κ3) is 4.76. The lowest BCUT2D eigenvalue weighted by Crippen LogP contribution is -2.39. The molecule has 5 rings (SSSR count). The maximum absolute atomic E-state index is 13.2. The number of rotatable bonds is 7. The zero-order valence-electron chi connectivity index (χ0n) is 21.0. The Hall–Kier alpha value is -4.28. The summed E-state index contributed by atoms with van der Waals surface area (Å²) in [6, 6.07) is 12.9. The maximum atomic E-state index is 13.2. The molecule has 11 nitrogen and oxygen atoms in total. The van der Waals surface area contributed by atoms with Crippen molar-refractivity contribution in [2.24, 2.45) is 12.8 Å². The number of carbonyl (C=O) groups is 2. The van der Waals surface area contributed by atoms with E-state index < -0.39 is 0 Å². The molecule has 0 aliphatic carbocycles. The number of amides is 2. The van der Waals surface area contributed by atoms with E-state index in [1.165, 1.54) is 4.68 Å². The number of benzene rings is 1. The molecule has 1 atom stereocenters. The second kappa shape index (κ2) is 10.00. The van der Waals surface area contributed by atoms with E-state index in [1.807, 2.05) is 47.4 Å². The smallest absolute Gasteiger partial charge is 0.284 e. The fraction of sp³-hybridized carbons (Fsp3) is 0.385. The molecular formula is C26H31N7O4. The number of anilines is 2. The van der Waals surface area contributed by atoms with Crippen LogP contribution in [0.2, 0.25) is 0 Å². The molecule has 194 valence electrons. The number of primary amides is 1. The van der Waals surface area contributed by atoms with Gasteiger partial charge in [0, 0.05) is 39.1 Å². The van der Waals surface area contributed by atoms with Gasteiger partial charge in [0.25, 0.3) is 11.5 Å². The molecule has 3 N–H and O–H groups in total. The Morgan fingerprint density at radius 1 is 1.16 bits per heavy atom. The molecule has 11 heteroatoms. The van der Waals surface area contributed by atoms with Crippen LogP contribution in [0.3, 0.4) is 0 Å². The van der Waals surface area contributed by atoms with Crippen molar-refractivity contribution < 1.29 is 14.3 Å². The first-order chi connectivity index (χ1) is 17.8. The third-order valence-corrected chi connectivity index (χ3v) is 7.00. The highest BCUT2D eigenvalue weighted by molar-refractivity contribution is 5.95. The van der Waals surface area contributed by atoms with Crippen molar-refractivity contribution in [2.45, 2.75) is 25.8 Å². The van der Waals surface area contributed by atoms with E-state index >= 15 is 0 Å². The summed E-state index contributed by atoms with van der Waals surface area (Å²) in [5, 5.41) is 3.05. The van der Waals surface area contributed by atoms with Gasteiger partial charge in [0.1, 0.15) is 18.0 Å². The second-order valence-corrected chi connectivity index (χ2v) is 9.38. The molecule has 1 fully saturated rings. The van der Waals surface area contributed by atoms with Crippen LogP contribution in [0.25, 0.3) is 5.69 Å². The Morgan fingerprint density at radius 2 is 1.95 bits per heavy atom. The van der Waals surface area contributed by atoms with Crippen LogP contribution in [0.15, 0.2) is 47.3 Å². The number of pyridine rings is 1. The van der Waals surface area contributed by atoms with Gasteiger partial charge >= 0.3 is 0 Å². The fourth-order valence-corrected chi connectivity index (χ4v) is 4.95. The number of nitrogens with one attached hydrogen (secondary N) is 1. The average molecular weight is 506 g/mol. The Balaban J connectivity index is 1.30. The summed E-state index contributed by atoms with van der Waals surface area (Å²) in [7, 11) is 1.77. The summed E-state index contributed by atoms with van der Waals surface area (Å²) in [4.78, 5) is 46.6. The lowest BCUT2D eigenvalue weighted by Gasteiger charge is -2.31. The number of aromatic nitrogens is 3. The monoisotopic (exact) mass is 505 g/mol. The molecule has 2 aliphatic heterocycles. The highest BCUT2D eigenvalue weighted by Gasteiger charge is 2.30. The molecule has 0 unspecified atom stereocenters. The van der Waals surface area contributed by atoms with Gasteiger partial charge in [-0.3, -0.25) is 19.1 Å². The SMILES string of the molecule is Cc1c(C(=O)N[C@H]2CCN(c3ccc4c(n3)N(CCC(N)=O)CCO4)C2)c(=O)n(-c2ccccc2)n1C. The number of carbonyl (C=O) groups excluding carboxylic acids is 2. The van der Waals surface area contributed by atoms with E-state index in [4.69, 9.17) is 15.5 Å². The number of hydrogen-bond acceptors (Lipinski definition) is 7. The standard InChI is InChI=1S/C26H31N7O4/c1-17-23(26(36)33(30(17)2)19-6-4-3-5-7-19)25(35)28-18-10-12-32(16-18)22-9-8-20-24(29-22)31(14-15-37-20)13-11-21(27)34/h3-9,18H,10-16H2,1-2H3,(H2,27,34)(H,28,35)/t18-/m0/s1. The van der Waals surface area contributed by atoms with E-state index in [0.29, 0.717) is 55.7 Å². The molecule has 0 bridgehead atoms. The molecule has 0 radical (unpaired) electrons. The molecule has 0 saturated carbocycles. The van der Waals surface area contributed by atoms with E-state index in [2.05, 4.69) is 10.2 Å². The largest absolute Gasteiger partial charge is 0.488 e. The van der Waals surface area contributed by atoms with Crippen LogP contribution in [-0.2, 0) is 11.8 Å². The summed E-state index contributed by atoms with van der Waals surface area (Å²) in [6.45, 7) is 4.69. The van der Waals surface area contributed by atoms with E-state index in [-0.39, 0.29) is 35.4 Å². The molecule has 1 saturated heterocycles. The Morgan fingerprint density at radius 3 is 2.70 bits per heavy atom. The first kappa shape index (κ1) is 24.4. The van der Waals surface area contributed by atoms with Crippen LogP contribution in [0, 0.1) is 6.92 Å². The minimum Gasteiger partial charge on any atom is -0.488 e. The number of para-hydroxylation sites is 1. The highest BCUT2D eigenvalue weighted by atomic mass is 16.5. The molecule has 0 spiro atoms. The first-order valence-electron chi connectivity index (χ1n) is 12.4. The maximum Gasteiger partial charge on any atom is 0.284 e. The molecule has 3 aromatic rings. The highest BCUT2D eigenvalue weighted by Crippen LogP contribution is 2.33. The van der Waals surface area contributed by atoms with E-state index in [1.54, 1.807) is 18.7 Å². The normalized spacial score (nSPS) is 16.9. The summed E-state index contributed by atoms with van der Waals surface area (Å²) in [5.41, 5.74) is 6.45. The first-order valence-corrected chi connectivity index (χ1v) is 12.4. The van der Waals surface area contributed by atoms with Crippen molar-refractivity contribution in [2.75, 3.05) is 42.6 Å². The van der Waals surface area contributed by atoms with Crippen LogP contribution >= 0.6 is 0 Å². The molecule has 2 aliphatic rings. The molecular weight excluding hydrogens is 474 g/mol. The lowest BCUT2D eigenvalue weighted by molar-refractivity contribution is -0.117. The quantitative estimate of drug-likeness (QED) is 0.490. The number of fused-ring (bicyclic) bond motifs is 1. The predicted octanol–water partition coefficient (Wildman–Crippen LogP) is 0.962. The van der Waals surface area contributed by atoms with Gasteiger partial charge in [0.2, 0.25) is 5.91 Å². The van der Waals surface area contributed by atoms with Crippen LogP contribution in [0.4, 0.5) is 11.6 Å². The van der Waals surface area contributed by atoms with Crippen LogP contribution in [-0.4, -0.2) is 65.0 Å². The van der Waals surface area contributed by atoms with Gasteiger partial charge in [-0.2, -0.15) is 0 Å². The van der Waals surface area contributed by atoms with Gasteiger partial charge in [-0.15, -0.1) is 0 Å². The Bertz CT molecular complexity index is 1380. The third-order valence-electron chi connectivity index (χ3n) is 7.00. The van der Waals surface area contributed by atoms with Gasteiger partial charge in [-0.25, -0.2) is 9.67 Å². The van der Waals surface area contributed by atoms with Crippen molar-refractivity contribution in [3.63, 3.8) is 0 Å². The summed E-state index contributed by atoms with van der Waals surface area (Å²) in [5.74, 6) is 1.42. The van der Waals surface area contributed by atoms with E-state index in [9.17, 15) is 14.4 Å². The lowest BCUT2D eigenvalue weighted by atomic mass is 10.2. The number of nitrogens with two attached hydrogens (primary N) is 1. The second-order valence-electron chi connectivity index (χ2n) is 9.38. The fourth-order valence-electron chi connectivity index (χ4n) is 4.95. The van der Waals surface area contributed by atoms with Gasteiger partial charge in [-0.05, 0) is 37.6 Å². The van der Waals surface area contributed by atoms with Crippen molar-refractivity contribution >= 4 is 23.5 Å². The molecule has 2 aromatic heterocycles. The zero-order chi connectivity index (χ0) is 26.1. The average Bonchev–Trinajstić information content (AvgIpc) is 3.44. The van der Waals surface area contributed by atoms with Gasteiger partial charge < -0.3 is 25.6 Å². The number of ether oxygens (including phenoxy) is 1. The molecule has 4 heterocycles. The molecule has 2 amide bonds. The van der Waals surface area contributed by atoms with Crippen molar-refractivity contribution in [3.8, 4) is 11.4 Å². The van der Waals surface area contributed by atoms with Crippen LogP contribution in [0.1, 0.15) is 28.9 Å². The van der Waals surface area contributed by atoms with Gasteiger partial charge in [0.05, 0.1) is 17.9 Å². The van der Waals surface area contributed by atoms with Crippen molar-refractivity contribution in [3.05, 3.63) is 64.1 Å². The number of hydrogen-bond donors (Lipinski definition) is 2. The Kier molecular flexibility index (Phi) is 6.60. The van der Waals surface area contributed by atoms with Crippen molar-refractivity contribution in [1.82, 2.24) is 19.7 Å². The zero-order valence-corrected chi connectivity index (χ0v) is 21.0. The van der Waals surface area contributed by atoms with Gasteiger partial charge in [0.15, 0.2) is 11.6 Å². The van der Waals surface area contributed by atoms with Crippen molar-refractivity contribution in [1.29, 1.82) is 0 Å². The summed E-state index contributed by atoms with van der Waals surface area (Å²) >= 11 is 0.